The van der Waals surface area contributed by atoms with Gasteiger partial charge in [0, 0.05) is 11.8 Å². The van der Waals surface area contributed by atoms with Gasteiger partial charge in [-0.05, 0) is 18.3 Å². The molecule has 64 valence electrons. The first-order chi connectivity index (χ1) is 5.02. The Morgan fingerprint density at radius 1 is 1.36 bits per heavy atom. The Labute approximate surface area is 73.3 Å². The minimum atomic E-state index is 0.489. The average Bonchev–Trinajstić information content (AvgIpc) is 2.08. The maximum absolute atomic E-state index is 3.64. The van der Waals surface area contributed by atoms with Gasteiger partial charge in [-0.25, -0.2) is 0 Å². The van der Waals surface area contributed by atoms with Gasteiger partial charge >= 0.3 is 0 Å². The van der Waals surface area contributed by atoms with Crippen molar-refractivity contribution in [1.29, 1.82) is 0 Å². The van der Waals surface area contributed by atoms with Crippen LogP contribution in [0.1, 0.15) is 33.6 Å². The Bertz CT molecular complexity index is 168. The third kappa shape index (κ3) is 1.31. The fourth-order valence-corrected chi connectivity index (χ4v) is 4.55. The van der Waals surface area contributed by atoms with Gasteiger partial charge < -0.3 is 5.32 Å². The van der Waals surface area contributed by atoms with Gasteiger partial charge in [0.05, 0.1) is 4.87 Å². The van der Waals surface area contributed by atoms with Gasteiger partial charge in [-0.15, -0.1) is 11.8 Å². The summed E-state index contributed by atoms with van der Waals surface area (Å²) in [4.78, 5) is 0.489. The molecule has 2 fully saturated rings. The van der Waals surface area contributed by atoms with Crippen molar-refractivity contribution >= 4 is 11.8 Å². The van der Waals surface area contributed by atoms with Crippen molar-refractivity contribution in [2.45, 2.75) is 43.7 Å². The topological polar surface area (TPSA) is 12.0 Å². The largest absolute Gasteiger partial charge is 0.302 e. The molecule has 0 bridgehead atoms. The number of thioether (sulfide) groups is 1. The average molecular weight is 171 g/mol. The van der Waals surface area contributed by atoms with Crippen molar-refractivity contribution in [2.75, 3.05) is 6.54 Å². The van der Waals surface area contributed by atoms with E-state index in [4.69, 9.17) is 0 Å². The fourth-order valence-electron chi connectivity index (χ4n) is 2.50. The van der Waals surface area contributed by atoms with Crippen LogP contribution in [-0.2, 0) is 0 Å². The van der Waals surface area contributed by atoms with Crippen LogP contribution in [0, 0.1) is 5.41 Å². The van der Waals surface area contributed by atoms with Crippen LogP contribution in [0.4, 0.5) is 0 Å². The van der Waals surface area contributed by atoms with E-state index in [1.54, 1.807) is 0 Å². The lowest BCUT2D eigenvalue weighted by atomic mass is 9.68. The van der Waals surface area contributed by atoms with Gasteiger partial charge in [0.15, 0.2) is 0 Å². The van der Waals surface area contributed by atoms with Crippen molar-refractivity contribution in [3.63, 3.8) is 0 Å². The van der Waals surface area contributed by atoms with Crippen LogP contribution in [0.3, 0.4) is 0 Å². The Morgan fingerprint density at radius 3 is 2.36 bits per heavy atom. The molecule has 1 nitrogen and oxygen atoms in total. The Kier molecular flexibility index (Phi) is 1.56. The van der Waals surface area contributed by atoms with E-state index in [9.17, 15) is 0 Å². The van der Waals surface area contributed by atoms with E-state index in [0.717, 1.165) is 5.25 Å². The molecule has 1 N–H and O–H groups in total. The Morgan fingerprint density at radius 2 is 2.00 bits per heavy atom. The summed E-state index contributed by atoms with van der Waals surface area (Å²) in [6.07, 6.45) is 2.71. The van der Waals surface area contributed by atoms with Crippen LogP contribution < -0.4 is 5.32 Å². The molecule has 2 heteroatoms. The highest BCUT2D eigenvalue weighted by molar-refractivity contribution is 8.01. The standard InChI is InChI=1S/C9H17NS/c1-7-4-10-9(11-7)5-8(2,3)6-9/h7,10H,4-6H2,1-3H3. The van der Waals surface area contributed by atoms with Crippen molar-refractivity contribution in [2.24, 2.45) is 5.41 Å². The molecule has 1 saturated heterocycles. The second kappa shape index (κ2) is 2.17. The summed E-state index contributed by atoms with van der Waals surface area (Å²) in [5.74, 6) is 0. The van der Waals surface area contributed by atoms with Crippen LogP contribution in [0.15, 0.2) is 0 Å². The summed E-state index contributed by atoms with van der Waals surface area (Å²) in [5.41, 5.74) is 0.601. The van der Waals surface area contributed by atoms with Crippen LogP contribution in [0.25, 0.3) is 0 Å². The molecule has 2 aliphatic rings. The molecule has 1 unspecified atom stereocenters. The predicted octanol–water partition coefficient (Wildman–Crippen LogP) is 2.23. The molecular formula is C9H17NS. The highest BCUT2D eigenvalue weighted by Crippen LogP contribution is 2.56. The minimum Gasteiger partial charge on any atom is -0.302 e. The first-order valence-corrected chi connectivity index (χ1v) is 5.32. The SMILES string of the molecule is CC1CNC2(CC(C)(C)C2)S1. The van der Waals surface area contributed by atoms with Crippen molar-refractivity contribution in [1.82, 2.24) is 5.32 Å². The molecular weight excluding hydrogens is 154 g/mol. The highest BCUT2D eigenvalue weighted by Gasteiger charge is 2.52. The van der Waals surface area contributed by atoms with E-state index in [-0.39, 0.29) is 0 Å². The smallest absolute Gasteiger partial charge is 0.0659 e. The van der Waals surface area contributed by atoms with Gasteiger partial charge in [-0.2, -0.15) is 0 Å². The first-order valence-electron chi connectivity index (χ1n) is 4.44. The molecule has 0 amide bonds. The summed E-state index contributed by atoms with van der Waals surface area (Å²) in [5, 5.41) is 4.46. The summed E-state index contributed by atoms with van der Waals surface area (Å²) in [6.45, 7) is 8.26. The first kappa shape index (κ1) is 7.93. The third-order valence-corrected chi connectivity index (χ3v) is 4.12. The van der Waals surface area contributed by atoms with E-state index in [1.807, 2.05) is 0 Å². The Balaban J connectivity index is 1.97. The molecule has 0 aromatic carbocycles. The predicted molar refractivity (Wildman–Crippen MR) is 50.8 cm³/mol. The highest BCUT2D eigenvalue weighted by atomic mass is 32.2. The molecule has 1 saturated carbocycles. The Hall–Kier alpha value is 0.310. The summed E-state index contributed by atoms with van der Waals surface area (Å²) < 4.78 is 0. The maximum Gasteiger partial charge on any atom is 0.0659 e. The van der Waals surface area contributed by atoms with Crippen molar-refractivity contribution in [3.8, 4) is 0 Å². The maximum atomic E-state index is 3.64. The van der Waals surface area contributed by atoms with E-state index in [0.29, 0.717) is 10.3 Å². The molecule has 1 aliphatic heterocycles. The lowest BCUT2D eigenvalue weighted by molar-refractivity contribution is 0.108. The molecule has 1 aliphatic carbocycles. The second-order valence-electron chi connectivity index (χ2n) is 4.82. The summed E-state index contributed by atoms with van der Waals surface area (Å²) >= 11 is 2.15. The quantitative estimate of drug-likeness (QED) is 0.600. The number of nitrogens with one attached hydrogen (secondary N) is 1. The van der Waals surface area contributed by atoms with Crippen LogP contribution in [-0.4, -0.2) is 16.7 Å². The summed E-state index contributed by atoms with van der Waals surface area (Å²) in [6, 6.07) is 0. The van der Waals surface area contributed by atoms with E-state index >= 15 is 0 Å². The molecule has 1 heterocycles. The zero-order chi connectivity index (χ0) is 8.11. The van der Waals surface area contributed by atoms with E-state index < -0.39 is 0 Å². The molecule has 0 aromatic rings. The monoisotopic (exact) mass is 171 g/mol. The van der Waals surface area contributed by atoms with Crippen molar-refractivity contribution in [3.05, 3.63) is 0 Å². The minimum absolute atomic E-state index is 0.489. The molecule has 11 heavy (non-hydrogen) atoms. The number of rotatable bonds is 0. The van der Waals surface area contributed by atoms with Gasteiger partial charge in [-0.1, -0.05) is 20.8 Å². The third-order valence-electron chi connectivity index (χ3n) is 2.67. The van der Waals surface area contributed by atoms with Crippen LogP contribution >= 0.6 is 11.8 Å². The molecule has 0 aromatic heterocycles. The zero-order valence-corrected chi connectivity index (χ0v) is 8.42. The lowest BCUT2D eigenvalue weighted by Gasteiger charge is -2.50. The lowest BCUT2D eigenvalue weighted by Crippen LogP contribution is -2.53. The van der Waals surface area contributed by atoms with Crippen LogP contribution in [0.5, 0.6) is 0 Å². The fraction of sp³-hybridized carbons (Fsp3) is 1.00. The van der Waals surface area contributed by atoms with Crippen LogP contribution in [0.2, 0.25) is 0 Å². The molecule has 1 atom stereocenters. The second-order valence-corrected chi connectivity index (χ2v) is 6.64. The van der Waals surface area contributed by atoms with E-state index in [2.05, 4.69) is 37.8 Å². The molecule has 2 rings (SSSR count). The molecule has 0 radical (unpaired) electrons. The van der Waals surface area contributed by atoms with Gasteiger partial charge in [0.1, 0.15) is 0 Å². The summed E-state index contributed by atoms with van der Waals surface area (Å²) in [7, 11) is 0. The number of hydrogen-bond acceptors (Lipinski definition) is 2. The van der Waals surface area contributed by atoms with Crippen molar-refractivity contribution < 1.29 is 0 Å². The van der Waals surface area contributed by atoms with Gasteiger partial charge in [0.2, 0.25) is 0 Å². The van der Waals surface area contributed by atoms with Gasteiger partial charge in [0.25, 0.3) is 0 Å². The van der Waals surface area contributed by atoms with Gasteiger partial charge in [-0.3, -0.25) is 0 Å². The molecule has 1 spiro atoms. The number of hydrogen-bond donors (Lipinski definition) is 1. The zero-order valence-electron chi connectivity index (χ0n) is 7.61. The normalized spacial score (nSPS) is 39.0. The van der Waals surface area contributed by atoms with E-state index in [1.165, 1.54) is 19.4 Å².